The van der Waals surface area contributed by atoms with E-state index in [9.17, 15) is 13.2 Å². The van der Waals surface area contributed by atoms with Gasteiger partial charge in [0.2, 0.25) is 0 Å². The molecule has 0 radical (unpaired) electrons. The van der Waals surface area contributed by atoms with Gasteiger partial charge in [-0.2, -0.15) is 13.2 Å². The second kappa shape index (κ2) is 7.31. The lowest BCUT2D eigenvalue weighted by atomic mass is 10.1. The standard InChI is InChI=1S/C17H18F3NO/c1-22-16-9-5-3-6-13(16)10-11-21-12-14-7-2-4-8-15(14)17(18,19)20/h2-9,21H,10-12H2,1H3/p+1. The Hall–Kier alpha value is -2.01. The molecule has 22 heavy (non-hydrogen) atoms. The Balaban J connectivity index is 1.92. The average molecular weight is 310 g/mol. The van der Waals surface area contributed by atoms with Crippen molar-refractivity contribution in [3.63, 3.8) is 0 Å². The molecule has 5 heteroatoms. The first-order valence-corrected chi connectivity index (χ1v) is 7.11. The molecule has 0 spiro atoms. The fourth-order valence-electron chi connectivity index (χ4n) is 2.40. The van der Waals surface area contributed by atoms with Gasteiger partial charge in [0.1, 0.15) is 12.3 Å². The summed E-state index contributed by atoms with van der Waals surface area (Å²) in [6, 6.07) is 13.4. The predicted molar refractivity (Wildman–Crippen MR) is 78.6 cm³/mol. The number of alkyl halides is 3. The van der Waals surface area contributed by atoms with Crippen molar-refractivity contribution in [3.05, 3.63) is 65.2 Å². The first-order valence-electron chi connectivity index (χ1n) is 7.11. The Morgan fingerprint density at radius 2 is 1.59 bits per heavy atom. The van der Waals surface area contributed by atoms with Crippen LogP contribution in [0.15, 0.2) is 48.5 Å². The zero-order valence-electron chi connectivity index (χ0n) is 12.4. The fraction of sp³-hybridized carbons (Fsp3) is 0.294. The molecule has 0 fully saturated rings. The summed E-state index contributed by atoms with van der Waals surface area (Å²) >= 11 is 0. The minimum Gasteiger partial charge on any atom is -0.496 e. The van der Waals surface area contributed by atoms with E-state index in [0.29, 0.717) is 18.7 Å². The van der Waals surface area contributed by atoms with Gasteiger partial charge in [-0.3, -0.25) is 0 Å². The molecule has 2 nitrogen and oxygen atoms in total. The lowest BCUT2D eigenvalue weighted by Gasteiger charge is -2.12. The van der Waals surface area contributed by atoms with Crippen LogP contribution in [0.5, 0.6) is 5.75 Å². The molecule has 0 heterocycles. The van der Waals surface area contributed by atoms with Crippen LogP contribution < -0.4 is 10.1 Å². The monoisotopic (exact) mass is 310 g/mol. The average Bonchev–Trinajstić information content (AvgIpc) is 2.51. The summed E-state index contributed by atoms with van der Waals surface area (Å²) in [7, 11) is 1.61. The zero-order chi connectivity index (χ0) is 16.0. The third-order valence-electron chi connectivity index (χ3n) is 3.50. The number of para-hydroxylation sites is 1. The van der Waals surface area contributed by atoms with Gasteiger partial charge in [-0.15, -0.1) is 0 Å². The van der Waals surface area contributed by atoms with E-state index >= 15 is 0 Å². The summed E-state index contributed by atoms with van der Waals surface area (Å²) in [5.41, 5.74) is 0.823. The molecular weight excluding hydrogens is 291 g/mol. The summed E-state index contributed by atoms with van der Waals surface area (Å²) in [4.78, 5) is 0. The topological polar surface area (TPSA) is 25.8 Å². The minimum absolute atomic E-state index is 0.310. The molecule has 0 atom stereocenters. The Bertz CT molecular complexity index is 611. The highest BCUT2D eigenvalue weighted by molar-refractivity contribution is 5.33. The van der Waals surface area contributed by atoms with Crippen LogP contribution >= 0.6 is 0 Å². The van der Waals surface area contributed by atoms with Gasteiger partial charge in [-0.05, 0) is 17.7 Å². The molecule has 0 bridgehead atoms. The first kappa shape index (κ1) is 16.4. The third kappa shape index (κ3) is 4.24. The van der Waals surface area contributed by atoms with Gasteiger partial charge in [0.05, 0.1) is 19.2 Å². The fourth-order valence-corrected chi connectivity index (χ4v) is 2.40. The highest BCUT2D eigenvalue weighted by atomic mass is 19.4. The molecule has 2 aromatic carbocycles. The van der Waals surface area contributed by atoms with Crippen LogP contribution in [0.25, 0.3) is 0 Å². The van der Waals surface area contributed by atoms with E-state index in [1.165, 1.54) is 12.1 Å². The lowest BCUT2D eigenvalue weighted by Crippen LogP contribution is -2.83. The normalized spacial score (nSPS) is 11.5. The van der Waals surface area contributed by atoms with Crippen molar-refractivity contribution in [3.8, 4) is 5.75 Å². The van der Waals surface area contributed by atoms with Crippen molar-refractivity contribution < 1.29 is 23.2 Å². The van der Waals surface area contributed by atoms with E-state index in [1.54, 1.807) is 13.2 Å². The van der Waals surface area contributed by atoms with Crippen LogP contribution in [-0.2, 0) is 19.1 Å². The van der Waals surface area contributed by atoms with Crippen molar-refractivity contribution in [2.75, 3.05) is 13.7 Å². The van der Waals surface area contributed by atoms with Crippen LogP contribution in [0.3, 0.4) is 0 Å². The number of hydrogen-bond acceptors (Lipinski definition) is 1. The van der Waals surface area contributed by atoms with E-state index in [2.05, 4.69) is 0 Å². The van der Waals surface area contributed by atoms with Crippen molar-refractivity contribution in [1.29, 1.82) is 0 Å². The van der Waals surface area contributed by atoms with Crippen molar-refractivity contribution in [2.24, 2.45) is 0 Å². The summed E-state index contributed by atoms with van der Waals surface area (Å²) in [5, 5.41) is 1.89. The summed E-state index contributed by atoms with van der Waals surface area (Å²) < 4.78 is 43.9. The molecule has 0 amide bonds. The molecule has 0 saturated heterocycles. The summed E-state index contributed by atoms with van der Waals surface area (Å²) in [6.07, 6.45) is -3.55. The molecule has 0 aliphatic heterocycles. The second-order valence-electron chi connectivity index (χ2n) is 5.00. The van der Waals surface area contributed by atoms with Gasteiger partial charge in [0.15, 0.2) is 0 Å². The number of nitrogens with two attached hydrogens (primary N) is 1. The molecule has 2 aromatic rings. The zero-order valence-corrected chi connectivity index (χ0v) is 12.4. The van der Waals surface area contributed by atoms with Gasteiger partial charge in [0, 0.05) is 12.0 Å². The Kier molecular flexibility index (Phi) is 5.44. The van der Waals surface area contributed by atoms with Gasteiger partial charge in [-0.1, -0.05) is 36.4 Å². The van der Waals surface area contributed by atoms with Crippen molar-refractivity contribution in [1.82, 2.24) is 0 Å². The summed E-state index contributed by atoms with van der Waals surface area (Å²) in [5.74, 6) is 0.812. The number of rotatable bonds is 6. The quantitative estimate of drug-likeness (QED) is 0.816. The van der Waals surface area contributed by atoms with E-state index in [-0.39, 0.29) is 0 Å². The maximum Gasteiger partial charge on any atom is 0.416 e. The van der Waals surface area contributed by atoms with E-state index in [4.69, 9.17) is 4.74 Å². The smallest absolute Gasteiger partial charge is 0.416 e. The summed E-state index contributed by atoms with van der Waals surface area (Å²) in [6.45, 7) is 1.01. The first-order chi connectivity index (χ1) is 10.5. The number of hydrogen-bond donors (Lipinski definition) is 1. The third-order valence-corrected chi connectivity index (χ3v) is 3.50. The molecule has 2 N–H and O–H groups in total. The minimum atomic E-state index is -4.30. The predicted octanol–water partition coefficient (Wildman–Crippen LogP) is 3.02. The van der Waals surface area contributed by atoms with Crippen LogP contribution in [-0.4, -0.2) is 13.7 Å². The molecule has 2 rings (SSSR count). The van der Waals surface area contributed by atoms with E-state index < -0.39 is 11.7 Å². The van der Waals surface area contributed by atoms with Gasteiger partial charge >= 0.3 is 6.18 Å². The molecular formula is C17H19F3NO+. The number of ether oxygens (including phenoxy) is 1. The largest absolute Gasteiger partial charge is 0.496 e. The SMILES string of the molecule is COc1ccccc1CC[NH2+]Cc1ccccc1C(F)(F)F. The molecule has 0 saturated carbocycles. The Labute approximate surface area is 127 Å². The number of methoxy groups -OCH3 is 1. The molecule has 0 aliphatic carbocycles. The number of quaternary nitrogens is 1. The van der Waals surface area contributed by atoms with Gasteiger partial charge in [-0.25, -0.2) is 0 Å². The Morgan fingerprint density at radius 1 is 0.955 bits per heavy atom. The van der Waals surface area contributed by atoms with Crippen LogP contribution in [0.1, 0.15) is 16.7 Å². The van der Waals surface area contributed by atoms with Crippen LogP contribution in [0.2, 0.25) is 0 Å². The van der Waals surface area contributed by atoms with E-state index in [1.807, 2.05) is 29.6 Å². The second-order valence-corrected chi connectivity index (χ2v) is 5.00. The number of halogens is 3. The molecule has 0 aromatic heterocycles. The molecule has 0 aliphatic rings. The Morgan fingerprint density at radius 3 is 2.27 bits per heavy atom. The van der Waals surface area contributed by atoms with Gasteiger partial charge < -0.3 is 10.1 Å². The van der Waals surface area contributed by atoms with Crippen LogP contribution in [0, 0.1) is 0 Å². The van der Waals surface area contributed by atoms with Crippen LogP contribution in [0.4, 0.5) is 13.2 Å². The molecule has 0 unspecified atom stereocenters. The maximum atomic E-state index is 12.9. The highest BCUT2D eigenvalue weighted by Crippen LogP contribution is 2.31. The van der Waals surface area contributed by atoms with E-state index in [0.717, 1.165) is 23.8 Å². The van der Waals surface area contributed by atoms with Gasteiger partial charge in [0.25, 0.3) is 0 Å². The highest BCUT2D eigenvalue weighted by Gasteiger charge is 2.33. The maximum absolute atomic E-state index is 12.9. The molecule has 118 valence electrons. The van der Waals surface area contributed by atoms with Crippen molar-refractivity contribution >= 4 is 0 Å². The lowest BCUT2D eigenvalue weighted by molar-refractivity contribution is -0.670. The number of benzene rings is 2. The van der Waals surface area contributed by atoms with Crippen molar-refractivity contribution in [2.45, 2.75) is 19.1 Å².